The number of amides is 3. The van der Waals surface area contributed by atoms with Gasteiger partial charge in [-0.1, -0.05) is 25.1 Å². The predicted octanol–water partition coefficient (Wildman–Crippen LogP) is 4.02. The molecule has 11 nitrogen and oxygen atoms in total. The minimum Gasteiger partial charge on any atom is -0.490 e. The minimum atomic E-state index is -3.44. The molecule has 2 aromatic carbocycles. The molecule has 3 amide bonds. The molecule has 3 N–H and O–H groups in total. The van der Waals surface area contributed by atoms with Gasteiger partial charge in [-0.3, -0.25) is 4.79 Å². The summed E-state index contributed by atoms with van der Waals surface area (Å²) in [5, 5.41) is 15.6. The number of aliphatic hydroxyl groups is 1. The van der Waals surface area contributed by atoms with Crippen molar-refractivity contribution in [1.29, 1.82) is 0 Å². The number of urea groups is 1. The van der Waals surface area contributed by atoms with E-state index in [1.807, 2.05) is 32.0 Å². The third kappa shape index (κ3) is 9.69. The summed E-state index contributed by atoms with van der Waals surface area (Å²) in [6.45, 7) is 6.07. The minimum absolute atomic E-state index is 0.135. The van der Waals surface area contributed by atoms with Crippen molar-refractivity contribution in [2.24, 2.45) is 5.92 Å². The molecule has 0 spiro atoms. The fourth-order valence-corrected chi connectivity index (χ4v) is 5.08. The number of hydrogen-bond acceptors (Lipinski definition) is 7. The van der Waals surface area contributed by atoms with E-state index in [1.54, 1.807) is 42.2 Å². The maximum Gasteiger partial charge on any atom is 0.323 e. The van der Waals surface area contributed by atoms with Gasteiger partial charge < -0.3 is 30.1 Å². The van der Waals surface area contributed by atoms with Crippen LogP contribution in [0.2, 0.25) is 0 Å². The molecule has 0 saturated heterocycles. The summed E-state index contributed by atoms with van der Waals surface area (Å²) in [5.41, 5.74) is 1.26. The predicted molar refractivity (Wildman–Crippen MR) is 163 cm³/mol. The van der Waals surface area contributed by atoms with Crippen LogP contribution in [0.3, 0.4) is 0 Å². The van der Waals surface area contributed by atoms with Crippen LogP contribution in [0.1, 0.15) is 50.4 Å². The zero-order valence-corrected chi connectivity index (χ0v) is 25.9. The Morgan fingerprint density at radius 1 is 1.12 bits per heavy atom. The fourth-order valence-electron chi connectivity index (χ4n) is 4.67. The summed E-state index contributed by atoms with van der Waals surface area (Å²) in [4.78, 5) is 28.4. The number of carbonyl (C=O) groups is 2. The Bertz CT molecular complexity index is 1290. The van der Waals surface area contributed by atoms with Gasteiger partial charge in [-0.25, -0.2) is 17.5 Å². The van der Waals surface area contributed by atoms with Crippen molar-refractivity contribution in [3.8, 4) is 5.75 Å². The van der Waals surface area contributed by atoms with E-state index in [9.17, 15) is 23.1 Å². The van der Waals surface area contributed by atoms with Crippen LogP contribution in [0.5, 0.6) is 5.75 Å². The standard InChI is InChI=1S/C30H44N4O7S/c1-21-18-34(22(2)20-35)29(36)26-17-25(32-30(37)31-24-12-7-6-8-13-24)14-15-27(26)41-23(3)11-9-10-16-40-28(21)19-33(4)42(5,38)39/h6-8,12-15,17,21-23,28,35H,9-11,16,18-20H2,1-5H3,(H2,31,32,37)/t21-,22-,23+,28+/m1/s1. The topological polar surface area (TPSA) is 138 Å². The molecule has 42 heavy (non-hydrogen) atoms. The Balaban J connectivity index is 1.95. The Morgan fingerprint density at radius 3 is 2.48 bits per heavy atom. The number of nitrogens with one attached hydrogen (secondary N) is 2. The van der Waals surface area contributed by atoms with E-state index < -0.39 is 28.2 Å². The third-order valence-electron chi connectivity index (χ3n) is 7.34. The molecule has 1 aliphatic heterocycles. The summed E-state index contributed by atoms with van der Waals surface area (Å²) in [5.74, 6) is -0.271. The van der Waals surface area contributed by atoms with E-state index in [-0.39, 0.29) is 43.2 Å². The Labute approximate surface area is 249 Å². The average Bonchev–Trinajstić information content (AvgIpc) is 2.94. The van der Waals surface area contributed by atoms with Gasteiger partial charge in [0, 0.05) is 44.0 Å². The van der Waals surface area contributed by atoms with Crippen molar-refractivity contribution < 1.29 is 32.6 Å². The van der Waals surface area contributed by atoms with Crippen LogP contribution < -0.4 is 15.4 Å². The molecule has 0 aromatic heterocycles. The zero-order chi connectivity index (χ0) is 30.9. The number of fused-ring (bicyclic) bond motifs is 1. The number of ether oxygens (including phenoxy) is 2. The normalized spacial score (nSPS) is 21.5. The first-order valence-electron chi connectivity index (χ1n) is 14.3. The van der Waals surface area contributed by atoms with Crippen LogP contribution in [0, 0.1) is 5.92 Å². The van der Waals surface area contributed by atoms with Crippen LogP contribution in [0.15, 0.2) is 48.5 Å². The molecule has 0 radical (unpaired) electrons. The molecule has 0 unspecified atom stereocenters. The average molecular weight is 605 g/mol. The van der Waals surface area contributed by atoms with Crippen molar-refractivity contribution in [1.82, 2.24) is 9.21 Å². The van der Waals surface area contributed by atoms with Crippen molar-refractivity contribution in [2.75, 3.05) is 50.2 Å². The van der Waals surface area contributed by atoms with Gasteiger partial charge in [0.05, 0.1) is 36.7 Å². The van der Waals surface area contributed by atoms with Crippen molar-refractivity contribution in [3.05, 3.63) is 54.1 Å². The first kappa shape index (κ1) is 33.3. The number of anilines is 2. The van der Waals surface area contributed by atoms with Gasteiger partial charge in [-0.2, -0.15) is 0 Å². The Kier molecular flexibility index (Phi) is 12.2. The van der Waals surface area contributed by atoms with E-state index in [0.29, 0.717) is 23.7 Å². The zero-order valence-electron chi connectivity index (χ0n) is 25.1. The lowest BCUT2D eigenvalue weighted by atomic mass is 10.0. The highest BCUT2D eigenvalue weighted by Crippen LogP contribution is 2.28. The lowest BCUT2D eigenvalue weighted by Crippen LogP contribution is -2.47. The van der Waals surface area contributed by atoms with Gasteiger partial charge in [0.15, 0.2) is 0 Å². The summed E-state index contributed by atoms with van der Waals surface area (Å²) in [6, 6.07) is 12.9. The molecule has 0 fully saturated rings. The maximum absolute atomic E-state index is 14.1. The highest BCUT2D eigenvalue weighted by Gasteiger charge is 2.31. The number of aliphatic hydroxyl groups excluding tert-OH is 1. The molecule has 4 atom stereocenters. The van der Waals surface area contributed by atoms with Crippen molar-refractivity contribution in [2.45, 2.75) is 58.3 Å². The monoisotopic (exact) mass is 604 g/mol. The van der Waals surface area contributed by atoms with Gasteiger partial charge in [0.1, 0.15) is 5.75 Å². The van der Waals surface area contributed by atoms with Crippen molar-refractivity contribution >= 4 is 33.3 Å². The molecule has 0 bridgehead atoms. The second-order valence-electron chi connectivity index (χ2n) is 11.0. The first-order valence-corrected chi connectivity index (χ1v) is 16.1. The van der Waals surface area contributed by atoms with Gasteiger partial charge >= 0.3 is 6.03 Å². The number of rotatable bonds is 7. The molecule has 232 valence electrons. The molecule has 3 rings (SSSR count). The third-order valence-corrected chi connectivity index (χ3v) is 8.63. The lowest BCUT2D eigenvalue weighted by molar-refractivity contribution is -0.00828. The van der Waals surface area contributed by atoms with Crippen LogP contribution in [0.4, 0.5) is 16.2 Å². The number of para-hydroxylation sites is 1. The summed E-state index contributed by atoms with van der Waals surface area (Å²) < 4.78 is 37.9. The second kappa shape index (κ2) is 15.3. The number of benzene rings is 2. The molecule has 1 heterocycles. The second-order valence-corrected chi connectivity index (χ2v) is 13.1. The quantitative estimate of drug-likeness (QED) is 0.434. The number of likely N-dealkylation sites (N-methyl/N-ethyl adjacent to an activating group) is 1. The van der Waals surface area contributed by atoms with Gasteiger partial charge in [0.2, 0.25) is 10.0 Å². The molecule has 0 saturated carbocycles. The van der Waals surface area contributed by atoms with Crippen LogP contribution >= 0.6 is 0 Å². The van der Waals surface area contributed by atoms with Gasteiger partial charge in [-0.05, 0) is 63.4 Å². The van der Waals surface area contributed by atoms with E-state index in [4.69, 9.17) is 9.47 Å². The van der Waals surface area contributed by atoms with Crippen LogP contribution in [-0.2, 0) is 14.8 Å². The van der Waals surface area contributed by atoms with E-state index in [1.165, 1.54) is 11.4 Å². The highest BCUT2D eigenvalue weighted by atomic mass is 32.2. The first-order chi connectivity index (χ1) is 19.9. The molecule has 0 aliphatic carbocycles. The lowest BCUT2D eigenvalue weighted by Gasteiger charge is -2.35. The number of carbonyl (C=O) groups excluding carboxylic acids is 2. The molecular weight excluding hydrogens is 560 g/mol. The number of nitrogens with zero attached hydrogens (tertiary/aromatic N) is 2. The largest absolute Gasteiger partial charge is 0.490 e. The van der Waals surface area contributed by atoms with Gasteiger partial charge in [-0.15, -0.1) is 0 Å². The highest BCUT2D eigenvalue weighted by molar-refractivity contribution is 7.88. The molecule has 2 aromatic rings. The Hall–Kier alpha value is -3.19. The molecular formula is C30H44N4O7S. The van der Waals surface area contributed by atoms with Crippen molar-refractivity contribution in [3.63, 3.8) is 0 Å². The van der Waals surface area contributed by atoms with Gasteiger partial charge in [0.25, 0.3) is 5.91 Å². The molecule has 1 aliphatic rings. The SMILES string of the molecule is C[C@@H]1CN([C@H](C)CO)C(=O)c2cc(NC(=O)Nc3ccccc3)ccc2O[C@@H](C)CCCCO[C@H]1CN(C)S(C)(=O)=O. The molecule has 12 heteroatoms. The van der Waals surface area contributed by atoms with Crippen LogP contribution in [0.25, 0.3) is 0 Å². The Morgan fingerprint density at radius 2 is 1.81 bits per heavy atom. The number of sulfonamides is 1. The summed E-state index contributed by atoms with van der Waals surface area (Å²) in [7, 11) is -1.93. The maximum atomic E-state index is 14.1. The fraction of sp³-hybridized carbons (Fsp3) is 0.533. The van der Waals surface area contributed by atoms with E-state index >= 15 is 0 Å². The summed E-state index contributed by atoms with van der Waals surface area (Å²) in [6.07, 6.45) is 2.78. The van der Waals surface area contributed by atoms with E-state index in [0.717, 1.165) is 25.5 Å². The number of hydrogen-bond donors (Lipinski definition) is 3. The smallest absolute Gasteiger partial charge is 0.323 e. The summed E-state index contributed by atoms with van der Waals surface area (Å²) >= 11 is 0. The van der Waals surface area contributed by atoms with Crippen LogP contribution in [-0.4, -0.2) is 92.5 Å². The van der Waals surface area contributed by atoms with E-state index in [2.05, 4.69) is 10.6 Å².